The van der Waals surface area contributed by atoms with Crippen molar-refractivity contribution >= 4 is 18.2 Å². The highest BCUT2D eigenvalue weighted by Crippen LogP contribution is 2.30. The summed E-state index contributed by atoms with van der Waals surface area (Å²) in [5.41, 5.74) is 0.0902. The Bertz CT molecular complexity index is 444. The average Bonchev–Trinajstić information content (AvgIpc) is 2.31. The van der Waals surface area contributed by atoms with Gasteiger partial charge in [-0.05, 0) is 24.3 Å². The molecular formula is C10H8N2O2P-. The lowest BCUT2D eigenvalue weighted by atomic mass is 10.5. The first-order chi connectivity index (χ1) is 7.21. The van der Waals surface area contributed by atoms with Gasteiger partial charge in [0.2, 0.25) is 0 Å². The molecule has 76 valence electrons. The minimum atomic E-state index is -3.87. The summed E-state index contributed by atoms with van der Waals surface area (Å²) >= 11 is 0. The van der Waals surface area contributed by atoms with Crippen LogP contribution in [0.3, 0.4) is 0 Å². The maximum Gasteiger partial charge on any atom is 0.108 e. The van der Waals surface area contributed by atoms with Crippen molar-refractivity contribution in [3.8, 4) is 0 Å². The van der Waals surface area contributed by atoms with Crippen LogP contribution < -0.4 is 15.8 Å². The molecule has 0 bridgehead atoms. The van der Waals surface area contributed by atoms with Crippen LogP contribution in [0, 0.1) is 0 Å². The van der Waals surface area contributed by atoms with E-state index in [0.29, 0.717) is 0 Å². The lowest BCUT2D eigenvalue weighted by Crippen LogP contribution is -2.28. The van der Waals surface area contributed by atoms with E-state index in [1.165, 1.54) is 24.5 Å². The Balaban J connectivity index is 2.50. The van der Waals surface area contributed by atoms with E-state index in [2.05, 4.69) is 9.97 Å². The van der Waals surface area contributed by atoms with Gasteiger partial charge in [-0.15, -0.1) is 0 Å². The Hall–Kier alpha value is -1.51. The van der Waals surface area contributed by atoms with Gasteiger partial charge in [0.05, 0.1) is 10.9 Å². The van der Waals surface area contributed by atoms with Crippen molar-refractivity contribution in [2.24, 2.45) is 0 Å². The highest BCUT2D eigenvalue weighted by molar-refractivity contribution is 7.71. The standard InChI is InChI=1S/C10H9N2O2P/c13-15(14,9-5-1-3-7-11-9)10-6-2-4-8-12-10/h1-8H,(H,13,14)/p-1. The van der Waals surface area contributed by atoms with Gasteiger partial charge >= 0.3 is 0 Å². The maximum absolute atomic E-state index is 11.9. The number of pyridine rings is 2. The highest BCUT2D eigenvalue weighted by Gasteiger charge is 2.15. The molecule has 15 heavy (non-hydrogen) atoms. The van der Waals surface area contributed by atoms with E-state index in [9.17, 15) is 9.46 Å². The van der Waals surface area contributed by atoms with Crippen LogP contribution in [0.4, 0.5) is 0 Å². The second kappa shape index (κ2) is 3.93. The normalized spacial score (nSPS) is 11.3. The molecule has 0 atom stereocenters. The van der Waals surface area contributed by atoms with Crippen LogP contribution in [0.1, 0.15) is 0 Å². The molecule has 0 N–H and O–H groups in total. The van der Waals surface area contributed by atoms with E-state index in [1.54, 1.807) is 24.3 Å². The summed E-state index contributed by atoms with van der Waals surface area (Å²) < 4.78 is 11.9. The van der Waals surface area contributed by atoms with Gasteiger partial charge in [-0.1, -0.05) is 12.1 Å². The number of hydrogen-bond donors (Lipinski definition) is 0. The van der Waals surface area contributed by atoms with Gasteiger partial charge in [0.15, 0.2) is 0 Å². The largest absolute Gasteiger partial charge is 0.791 e. The van der Waals surface area contributed by atoms with Gasteiger partial charge < -0.3 is 9.46 Å². The molecule has 0 radical (unpaired) electrons. The lowest BCUT2D eigenvalue weighted by Gasteiger charge is -2.21. The topological polar surface area (TPSA) is 65.9 Å². The first-order valence-electron chi connectivity index (χ1n) is 4.35. The molecule has 0 amide bonds. The molecule has 0 unspecified atom stereocenters. The summed E-state index contributed by atoms with van der Waals surface area (Å²) in [7, 11) is -3.87. The summed E-state index contributed by atoms with van der Waals surface area (Å²) in [6.07, 6.45) is 2.89. The Morgan fingerprint density at radius 1 is 0.933 bits per heavy atom. The van der Waals surface area contributed by atoms with Crippen LogP contribution in [0.2, 0.25) is 0 Å². The first-order valence-corrected chi connectivity index (χ1v) is 5.98. The van der Waals surface area contributed by atoms with Crippen LogP contribution >= 0.6 is 7.37 Å². The first kappa shape index (κ1) is 10.0. The van der Waals surface area contributed by atoms with Gasteiger partial charge in [0.1, 0.15) is 7.37 Å². The zero-order valence-electron chi connectivity index (χ0n) is 7.78. The molecule has 0 aliphatic rings. The third kappa shape index (κ3) is 1.96. The van der Waals surface area contributed by atoms with Gasteiger partial charge in [0, 0.05) is 12.4 Å². The van der Waals surface area contributed by atoms with Crippen molar-refractivity contribution in [1.82, 2.24) is 9.97 Å². The van der Waals surface area contributed by atoms with Crippen LogP contribution in [-0.2, 0) is 4.57 Å². The van der Waals surface area contributed by atoms with Crippen molar-refractivity contribution in [2.45, 2.75) is 0 Å². The molecule has 2 aromatic heterocycles. The quantitative estimate of drug-likeness (QED) is 0.670. The third-order valence-electron chi connectivity index (χ3n) is 1.90. The van der Waals surface area contributed by atoms with Crippen LogP contribution in [-0.4, -0.2) is 9.97 Å². The fraction of sp³-hybridized carbons (Fsp3) is 0. The molecule has 2 aromatic rings. The van der Waals surface area contributed by atoms with Crippen molar-refractivity contribution in [1.29, 1.82) is 0 Å². The monoisotopic (exact) mass is 219 g/mol. The molecule has 0 spiro atoms. The van der Waals surface area contributed by atoms with Crippen molar-refractivity contribution in [3.63, 3.8) is 0 Å². The summed E-state index contributed by atoms with van der Waals surface area (Å²) in [5.74, 6) is 0. The number of aromatic nitrogens is 2. The maximum atomic E-state index is 11.9. The van der Waals surface area contributed by atoms with E-state index in [4.69, 9.17) is 0 Å². The number of hydrogen-bond acceptors (Lipinski definition) is 4. The zero-order valence-corrected chi connectivity index (χ0v) is 8.67. The predicted octanol–water partition coefficient (Wildman–Crippen LogP) is 0.0658. The summed E-state index contributed by atoms with van der Waals surface area (Å²) in [4.78, 5) is 19.6. The van der Waals surface area contributed by atoms with E-state index >= 15 is 0 Å². The summed E-state index contributed by atoms with van der Waals surface area (Å²) in [6.45, 7) is 0. The van der Waals surface area contributed by atoms with E-state index < -0.39 is 7.37 Å². The molecule has 0 saturated carbocycles. The summed E-state index contributed by atoms with van der Waals surface area (Å²) in [6, 6.07) is 9.53. The average molecular weight is 219 g/mol. The molecule has 2 heterocycles. The highest BCUT2D eigenvalue weighted by atomic mass is 31.2. The van der Waals surface area contributed by atoms with Crippen molar-refractivity contribution in [2.75, 3.05) is 0 Å². The Morgan fingerprint density at radius 2 is 1.40 bits per heavy atom. The van der Waals surface area contributed by atoms with E-state index in [0.717, 1.165) is 0 Å². The van der Waals surface area contributed by atoms with Crippen LogP contribution in [0.25, 0.3) is 0 Å². The lowest BCUT2D eigenvalue weighted by molar-refractivity contribution is -0.167. The third-order valence-corrected chi connectivity index (χ3v) is 3.64. The van der Waals surface area contributed by atoms with Gasteiger partial charge in [-0.3, -0.25) is 9.97 Å². The molecule has 5 heteroatoms. The van der Waals surface area contributed by atoms with Crippen LogP contribution in [0.5, 0.6) is 0 Å². The Morgan fingerprint density at radius 3 is 1.73 bits per heavy atom. The molecular weight excluding hydrogens is 211 g/mol. The van der Waals surface area contributed by atoms with Gasteiger partial charge in [-0.25, -0.2) is 0 Å². The fourth-order valence-corrected chi connectivity index (χ4v) is 2.41. The van der Waals surface area contributed by atoms with Crippen molar-refractivity contribution in [3.05, 3.63) is 48.8 Å². The second-order valence-electron chi connectivity index (χ2n) is 2.93. The SMILES string of the molecule is O=P([O-])(c1ccccn1)c1ccccn1. The molecule has 2 rings (SSSR count). The molecule has 0 aromatic carbocycles. The Kier molecular flexibility index (Phi) is 2.62. The molecule has 0 saturated heterocycles. The number of rotatable bonds is 2. The predicted molar refractivity (Wildman–Crippen MR) is 55.3 cm³/mol. The molecule has 0 aliphatic heterocycles. The fourth-order valence-electron chi connectivity index (χ4n) is 1.17. The van der Waals surface area contributed by atoms with Gasteiger partial charge in [0.25, 0.3) is 0 Å². The van der Waals surface area contributed by atoms with Crippen LogP contribution in [0.15, 0.2) is 48.8 Å². The molecule has 0 fully saturated rings. The zero-order chi connectivity index (χ0) is 10.7. The molecule has 0 aliphatic carbocycles. The summed E-state index contributed by atoms with van der Waals surface area (Å²) in [5, 5.41) is 0. The van der Waals surface area contributed by atoms with Crippen molar-refractivity contribution < 1.29 is 9.46 Å². The second-order valence-corrected chi connectivity index (χ2v) is 4.95. The Labute approximate surface area is 87.1 Å². The van der Waals surface area contributed by atoms with E-state index in [1.807, 2.05) is 0 Å². The molecule has 4 nitrogen and oxygen atoms in total. The smallest absolute Gasteiger partial charge is 0.108 e. The minimum Gasteiger partial charge on any atom is -0.791 e. The van der Waals surface area contributed by atoms with Gasteiger partial charge in [-0.2, -0.15) is 0 Å². The number of nitrogens with zero attached hydrogens (tertiary/aromatic N) is 2. The van der Waals surface area contributed by atoms with E-state index in [-0.39, 0.29) is 10.9 Å². The minimum absolute atomic E-state index is 0.0451.